The summed E-state index contributed by atoms with van der Waals surface area (Å²) in [7, 11) is 0. The van der Waals surface area contributed by atoms with Crippen LogP contribution in [0.15, 0.2) is 34.8 Å². The van der Waals surface area contributed by atoms with Crippen LogP contribution in [0.1, 0.15) is 16.8 Å². The maximum atomic E-state index is 13.2. The Morgan fingerprint density at radius 1 is 1.44 bits per heavy atom. The van der Waals surface area contributed by atoms with E-state index < -0.39 is 5.82 Å². The molecule has 2 rings (SSSR count). The molecule has 18 heavy (non-hydrogen) atoms. The Labute approximate surface area is 113 Å². The van der Waals surface area contributed by atoms with Gasteiger partial charge in [-0.05, 0) is 24.6 Å². The van der Waals surface area contributed by atoms with Crippen molar-refractivity contribution >= 4 is 21.8 Å². The van der Waals surface area contributed by atoms with Crippen molar-refractivity contribution < 1.29 is 14.3 Å². The highest BCUT2D eigenvalue weighted by molar-refractivity contribution is 9.10. The number of amides is 1. The van der Waals surface area contributed by atoms with Gasteiger partial charge in [0.2, 0.25) is 0 Å². The lowest BCUT2D eigenvalue weighted by Gasteiger charge is -2.13. The second kappa shape index (κ2) is 5.63. The zero-order chi connectivity index (χ0) is 13.1. The molecule has 1 aromatic rings. The highest BCUT2D eigenvalue weighted by Gasteiger charge is 2.20. The fourth-order valence-electron chi connectivity index (χ4n) is 1.95. The van der Waals surface area contributed by atoms with Crippen LogP contribution in [0.4, 0.5) is 4.39 Å². The molecule has 1 amide bonds. The van der Waals surface area contributed by atoms with Crippen molar-refractivity contribution in [3.05, 3.63) is 46.2 Å². The maximum absolute atomic E-state index is 13.2. The Morgan fingerprint density at radius 2 is 2.22 bits per heavy atom. The van der Waals surface area contributed by atoms with E-state index in [2.05, 4.69) is 21.2 Å². The van der Waals surface area contributed by atoms with Crippen LogP contribution < -0.4 is 5.32 Å². The molecule has 0 fully saturated rings. The number of hydrogen-bond acceptors (Lipinski definition) is 2. The zero-order valence-electron chi connectivity index (χ0n) is 9.57. The molecule has 1 aliphatic rings. The number of aliphatic hydroxyl groups excluding tert-OH is 1. The average Bonchev–Trinajstić information content (AvgIpc) is 2.75. The summed E-state index contributed by atoms with van der Waals surface area (Å²) < 4.78 is 13.7. The maximum Gasteiger partial charge on any atom is 0.251 e. The molecule has 5 heteroatoms. The minimum atomic E-state index is -0.454. The molecule has 0 radical (unpaired) electrons. The number of aliphatic hydroxyl groups is 1. The number of benzene rings is 1. The van der Waals surface area contributed by atoms with E-state index in [0.29, 0.717) is 10.9 Å². The third-order valence-electron chi connectivity index (χ3n) is 2.85. The van der Waals surface area contributed by atoms with E-state index in [4.69, 9.17) is 5.11 Å². The van der Waals surface area contributed by atoms with Gasteiger partial charge in [0.1, 0.15) is 5.82 Å². The lowest BCUT2D eigenvalue weighted by atomic mass is 10.1. The van der Waals surface area contributed by atoms with E-state index in [1.165, 1.54) is 12.1 Å². The third kappa shape index (κ3) is 3.17. The van der Waals surface area contributed by atoms with Gasteiger partial charge in [-0.15, -0.1) is 0 Å². The first-order valence-electron chi connectivity index (χ1n) is 5.64. The van der Waals surface area contributed by atoms with Crippen molar-refractivity contribution in [3.8, 4) is 0 Å². The minimum Gasteiger partial charge on any atom is -0.396 e. The molecule has 0 spiro atoms. The van der Waals surface area contributed by atoms with Gasteiger partial charge in [0.15, 0.2) is 0 Å². The van der Waals surface area contributed by atoms with Crippen molar-refractivity contribution in [2.45, 2.75) is 12.5 Å². The first-order chi connectivity index (χ1) is 8.58. The highest BCUT2D eigenvalue weighted by Crippen LogP contribution is 2.19. The van der Waals surface area contributed by atoms with E-state index in [0.717, 1.165) is 0 Å². The molecule has 0 unspecified atom stereocenters. The van der Waals surface area contributed by atoms with Crippen LogP contribution in [0.2, 0.25) is 0 Å². The number of carbonyl (C=O) groups excluding carboxylic acids is 1. The molecule has 0 bridgehead atoms. The van der Waals surface area contributed by atoms with Crippen molar-refractivity contribution in [1.82, 2.24) is 5.32 Å². The van der Waals surface area contributed by atoms with Gasteiger partial charge < -0.3 is 10.4 Å². The second-order valence-electron chi connectivity index (χ2n) is 4.30. The zero-order valence-corrected chi connectivity index (χ0v) is 11.2. The smallest absolute Gasteiger partial charge is 0.251 e. The summed E-state index contributed by atoms with van der Waals surface area (Å²) in [5.74, 6) is -0.678. The normalized spacial score (nSPS) is 22.2. The van der Waals surface area contributed by atoms with Gasteiger partial charge in [0.05, 0.1) is 0 Å². The monoisotopic (exact) mass is 313 g/mol. The molecule has 3 nitrogen and oxygen atoms in total. The first-order valence-corrected chi connectivity index (χ1v) is 6.44. The van der Waals surface area contributed by atoms with Crippen molar-refractivity contribution in [1.29, 1.82) is 0 Å². The average molecular weight is 314 g/mol. The molecule has 1 aliphatic carbocycles. The molecule has 0 heterocycles. The van der Waals surface area contributed by atoms with E-state index in [-0.39, 0.29) is 30.0 Å². The summed E-state index contributed by atoms with van der Waals surface area (Å²) in [4.78, 5) is 11.9. The number of halogens is 2. The van der Waals surface area contributed by atoms with Crippen LogP contribution in [0, 0.1) is 11.7 Å². The number of rotatable bonds is 3. The molecular formula is C13H13BrFNO2. The van der Waals surface area contributed by atoms with Crippen LogP contribution in [0.25, 0.3) is 0 Å². The van der Waals surface area contributed by atoms with Crippen LogP contribution in [-0.2, 0) is 0 Å². The Kier molecular flexibility index (Phi) is 4.14. The fourth-order valence-corrected chi connectivity index (χ4v) is 2.42. The van der Waals surface area contributed by atoms with Gasteiger partial charge in [-0.25, -0.2) is 4.39 Å². The summed E-state index contributed by atoms with van der Waals surface area (Å²) >= 11 is 3.15. The molecule has 0 aliphatic heterocycles. The van der Waals surface area contributed by atoms with Gasteiger partial charge in [0, 0.05) is 28.6 Å². The topological polar surface area (TPSA) is 49.3 Å². The van der Waals surface area contributed by atoms with Gasteiger partial charge >= 0.3 is 0 Å². The summed E-state index contributed by atoms with van der Waals surface area (Å²) in [6, 6.07) is 3.97. The van der Waals surface area contributed by atoms with Crippen molar-refractivity contribution in [2.75, 3.05) is 6.61 Å². The lowest BCUT2D eigenvalue weighted by molar-refractivity contribution is 0.0940. The molecular weight excluding hydrogens is 301 g/mol. The number of carbonyl (C=O) groups is 1. The van der Waals surface area contributed by atoms with Crippen LogP contribution in [-0.4, -0.2) is 23.7 Å². The van der Waals surface area contributed by atoms with Crippen molar-refractivity contribution in [3.63, 3.8) is 0 Å². The molecule has 96 valence electrons. The quantitative estimate of drug-likeness (QED) is 0.841. The lowest BCUT2D eigenvalue weighted by Crippen LogP contribution is -2.33. The van der Waals surface area contributed by atoms with E-state index in [1.807, 2.05) is 12.2 Å². The van der Waals surface area contributed by atoms with Crippen LogP contribution in [0.3, 0.4) is 0 Å². The number of hydrogen-bond donors (Lipinski definition) is 2. The standard InChI is InChI=1S/C13H13BrFNO2/c14-10-4-9(5-11(15)6-10)13(18)16-12-2-1-8(3-12)7-17/h1-2,4-6,8,12,17H,3,7H2,(H,16,18)/t8-,12+/m0/s1. The number of nitrogens with one attached hydrogen (secondary N) is 1. The Balaban J connectivity index is 2.02. The minimum absolute atomic E-state index is 0.0778. The van der Waals surface area contributed by atoms with Crippen molar-refractivity contribution in [2.24, 2.45) is 5.92 Å². The van der Waals surface area contributed by atoms with E-state index >= 15 is 0 Å². The molecule has 2 atom stereocenters. The Morgan fingerprint density at radius 3 is 2.83 bits per heavy atom. The first kappa shape index (κ1) is 13.2. The third-order valence-corrected chi connectivity index (χ3v) is 3.31. The molecule has 0 saturated heterocycles. The summed E-state index contributed by atoms with van der Waals surface area (Å²) in [6.07, 6.45) is 4.41. The Hall–Kier alpha value is -1.20. The molecule has 0 saturated carbocycles. The summed E-state index contributed by atoms with van der Waals surface area (Å²) in [6.45, 7) is 0.0778. The molecule has 1 aromatic carbocycles. The molecule has 0 aromatic heterocycles. The van der Waals surface area contributed by atoms with Gasteiger partial charge in [-0.2, -0.15) is 0 Å². The molecule has 2 N–H and O–H groups in total. The Bertz CT molecular complexity index is 470. The van der Waals surface area contributed by atoms with Crippen LogP contribution >= 0.6 is 15.9 Å². The van der Waals surface area contributed by atoms with Gasteiger partial charge in [-0.3, -0.25) is 4.79 Å². The fraction of sp³-hybridized carbons (Fsp3) is 0.308. The SMILES string of the molecule is O=C(N[C@@H]1C=C[C@H](CO)C1)c1cc(F)cc(Br)c1. The second-order valence-corrected chi connectivity index (χ2v) is 5.22. The summed E-state index contributed by atoms with van der Waals surface area (Å²) in [5, 5.41) is 11.8. The predicted molar refractivity (Wildman–Crippen MR) is 69.7 cm³/mol. The van der Waals surface area contributed by atoms with Crippen LogP contribution in [0.5, 0.6) is 0 Å². The highest BCUT2D eigenvalue weighted by atomic mass is 79.9. The van der Waals surface area contributed by atoms with E-state index in [1.54, 1.807) is 6.07 Å². The van der Waals surface area contributed by atoms with Gasteiger partial charge in [-0.1, -0.05) is 28.1 Å². The largest absolute Gasteiger partial charge is 0.396 e. The summed E-state index contributed by atoms with van der Waals surface area (Å²) in [5.41, 5.74) is 0.280. The van der Waals surface area contributed by atoms with Gasteiger partial charge in [0.25, 0.3) is 5.91 Å². The van der Waals surface area contributed by atoms with E-state index in [9.17, 15) is 9.18 Å². The predicted octanol–water partition coefficient (Wildman–Crippen LogP) is 2.25.